The molecule has 4 rings (SSSR count). The largest absolute Gasteiger partial charge is 0.376 e. The van der Waals surface area contributed by atoms with E-state index in [0.29, 0.717) is 38.3 Å². The number of rotatable bonds is 7. The number of aliphatic imine (C=N–C) groups is 1. The van der Waals surface area contributed by atoms with E-state index in [0.717, 1.165) is 6.42 Å². The Morgan fingerprint density at radius 3 is 2.23 bits per heavy atom. The number of nitrogens with zero attached hydrogens (tertiary/aromatic N) is 2. The van der Waals surface area contributed by atoms with E-state index < -0.39 is 0 Å². The summed E-state index contributed by atoms with van der Waals surface area (Å²) in [5.41, 5.74) is 0. The van der Waals surface area contributed by atoms with Crippen LogP contribution in [0.15, 0.2) is 17.1 Å². The Hall–Kier alpha value is -1.16. The molecule has 1 aliphatic heterocycles. The van der Waals surface area contributed by atoms with Crippen LogP contribution < -0.4 is 10.6 Å². The quantitative estimate of drug-likeness (QED) is 0.100. The normalized spacial score (nSPS) is 31.0. The molecule has 3 aliphatic carbocycles. The lowest BCUT2D eigenvalue weighted by atomic mass is 9.85. The number of hydrogen-bond acceptors (Lipinski definition) is 4. The summed E-state index contributed by atoms with van der Waals surface area (Å²) < 4.78 is 5.99. The number of imide groups is 1. The molecule has 1 heterocycles. The van der Waals surface area contributed by atoms with Gasteiger partial charge in [0.1, 0.15) is 0 Å². The van der Waals surface area contributed by atoms with Gasteiger partial charge in [-0.05, 0) is 31.1 Å². The zero-order valence-corrected chi connectivity index (χ0v) is 20.2. The highest BCUT2D eigenvalue weighted by atomic mass is 127. The molecule has 3 fully saturated rings. The lowest BCUT2D eigenvalue weighted by Gasteiger charge is -2.19. The van der Waals surface area contributed by atoms with Gasteiger partial charge in [-0.25, -0.2) is 0 Å². The van der Waals surface area contributed by atoms with Crippen molar-refractivity contribution in [3.8, 4) is 0 Å². The molecule has 30 heavy (non-hydrogen) atoms. The Kier molecular flexibility index (Phi) is 8.56. The minimum absolute atomic E-state index is 0. The Morgan fingerprint density at radius 1 is 1.03 bits per heavy atom. The number of fused-ring (bicyclic) bond motifs is 5. The van der Waals surface area contributed by atoms with Crippen LogP contribution in [0.1, 0.15) is 44.9 Å². The van der Waals surface area contributed by atoms with E-state index in [1.165, 1.54) is 43.4 Å². The lowest BCUT2D eigenvalue weighted by molar-refractivity contribution is -0.140. The number of ether oxygens (including phenoxy) is 1. The number of hydrogen-bond donors (Lipinski definition) is 2. The van der Waals surface area contributed by atoms with Crippen LogP contribution in [0.5, 0.6) is 0 Å². The van der Waals surface area contributed by atoms with Gasteiger partial charge < -0.3 is 15.4 Å². The number of carbonyl (C=O) groups is 2. The predicted octanol–water partition coefficient (Wildman–Crippen LogP) is 2.32. The summed E-state index contributed by atoms with van der Waals surface area (Å²) in [6.45, 7) is 2.25. The summed E-state index contributed by atoms with van der Waals surface area (Å²) in [6.07, 6.45) is 13.2. The second kappa shape index (κ2) is 10.9. The summed E-state index contributed by atoms with van der Waals surface area (Å²) in [6, 6.07) is 0. The molecule has 4 unspecified atom stereocenters. The van der Waals surface area contributed by atoms with Crippen LogP contribution in [0, 0.1) is 23.7 Å². The molecule has 1 saturated heterocycles. The van der Waals surface area contributed by atoms with Crippen molar-refractivity contribution in [2.45, 2.75) is 51.0 Å². The highest BCUT2D eigenvalue weighted by molar-refractivity contribution is 14.0. The van der Waals surface area contributed by atoms with E-state index in [-0.39, 0.29) is 59.5 Å². The van der Waals surface area contributed by atoms with Gasteiger partial charge in [-0.1, -0.05) is 37.8 Å². The summed E-state index contributed by atoms with van der Waals surface area (Å²) in [7, 11) is 1.72. The standard InChI is InChI=1S/C22H34N4O3.HI/c1-23-22(25-11-13-29-17-6-4-2-3-5-7-17)24-10-12-26-20(27)18-15-8-9-16(14-15)19(18)21(26)28;/h8-9,15-19H,2-7,10-14H2,1H3,(H2,23,24,25);1H. The molecule has 4 atom stereocenters. The molecule has 2 bridgehead atoms. The van der Waals surface area contributed by atoms with E-state index in [2.05, 4.69) is 27.8 Å². The van der Waals surface area contributed by atoms with Crippen molar-refractivity contribution in [1.82, 2.24) is 15.5 Å². The van der Waals surface area contributed by atoms with E-state index >= 15 is 0 Å². The molecule has 168 valence electrons. The summed E-state index contributed by atoms with van der Waals surface area (Å²) >= 11 is 0. The van der Waals surface area contributed by atoms with Crippen LogP contribution in [-0.4, -0.2) is 62.1 Å². The lowest BCUT2D eigenvalue weighted by Crippen LogP contribution is -2.44. The molecule has 0 spiro atoms. The van der Waals surface area contributed by atoms with Gasteiger partial charge in [-0.2, -0.15) is 0 Å². The molecule has 4 aliphatic rings. The highest BCUT2D eigenvalue weighted by Gasteiger charge is 2.58. The maximum Gasteiger partial charge on any atom is 0.233 e. The average molecular weight is 530 g/mol. The summed E-state index contributed by atoms with van der Waals surface area (Å²) in [4.78, 5) is 31.1. The fourth-order valence-electron chi connectivity index (χ4n) is 5.49. The van der Waals surface area contributed by atoms with Crippen LogP contribution in [0.4, 0.5) is 0 Å². The maximum absolute atomic E-state index is 12.7. The van der Waals surface area contributed by atoms with E-state index in [9.17, 15) is 9.59 Å². The zero-order valence-electron chi connectivity index (χ0n) is 17.8. The van der Waals surface area contributed by atoms with Crippen molar-refractivity contribution in [2.75, 3.05) is 33.3 Å². The Bertz CT molecular complexity index is 645. The first-order valence-electron chi connectivity index (χ1n) is 11.3. The van der Waals surface area contributed by atoms with Gasteiger partial charge in [0, 0.05) is 26.7 Å². The minimum atomic E-state index is -0.115. The fourth-order valence-corrected chi connectivity index (χ4v) is 5.49. The van der Waals surface area contributed by atoms with E-state index in [1.807, 2.05) is 0 Å². The predicted molar refractivity (Wildman–Crippen MR) is 127 cm³/mol. The first-order valence-corrected chi connectivity index (χ1v) is 11.3. The number of allylic oxidation sites excluding steroid dienone is 2. The monoisotopic (exact) mass is 530 g/mol. The molecule has 2 saturated carbocycles. The number of guanidine groups is 1. The number of amides is 2. The van der Waals surface area contributed by atoms with Gasteiger partial charge in [0.25, 0.3) is 0 Å². The van der Waals surface area contributed by atoms with Crippen molar-refractivity contribution < 1.29 is 14.3 Å². The molecule has 2 N–H and O–H groups in total. The first kappa shape index (κ1) is 23.5. The number of nitrogens with one attached hydrogen (secondary N) is 2. The number of carbonyl (C=O) groups excluding carboxylic acids is 2. The van der Waals surface area contributed by atoms with Gasteiger partial charge in [0.2, 0.25) is 11.8 Å². The van der Waals surface area contributed by atoms with Crippen molar-refractivity contribution in [2.24, 2.45) is 28.7 Å². The minimum Gasteiger partial charge on any atom is -0.376 e. The van der Waals surface area contributed by atoms with Gasteiger partial charge in [0.15, 0.2) is 5.96 Å². The zero-order chi connectivity index (χ0) is 20.2. The molecular weight excluding hydrogens is 495 g/mol. The average Bonchev–Trinajstić information content (AvgIpc) is 3.33. The van der Waals surface area contributed by atoms with Crippen LogP contribution in [-0.2, 0) is 14.3 Å². The van der Waals surface area contributed by atoms with Crippen LogP contribution in [0.2, 0.25) is 0 Å². The molecule has 0 aromatic rings. The summed E-state index contributed by atoms with van der Waals surface area (Å²) in [5.74, 6) is 1.00. The van der Waals surface area contributed by atoms with Gasteiger partial charge in [-0.3, -0.25) is 19.5 Å². The maximum atomic E-state index is 12.7. The third-order valence-electron chi connectivity index (χ3n) is 6.96. The topological polar surface area (TPSA) is 83.0 Å². The van der Waals surface area contributed by atoms with E-state index in [1.54, 1.807) is 7.05 Å². The highest BCUT2D eigenvalue weighted by Crippen LogP contribution is 2.52. The molecule has 2 amide bonds. The van der Waals surface area contributed by atoms with Crippen molar-refractivity contribution in [1.29, 1.82) is 0 Å². The van der Waals surface area contributed by atoms with E-state index in [4.69, 9.17) is 4.74 Å². The second-order valence-corrected chi connectivity index (χ2v) is 8.74. The van der Waals surface area contributed by atoms with Crippen LogP contribution >= 0.6 is 24.0 Å². The van der Waals surface area contributed by atoms with Crippen molar-refractivity contribution in [3.63, 3.8) is 0 Å². The molecule has 8 heteroatoms. The molecule has 0 aromatic heterocycles. The Balaban J connectivity index is 0.00000256. The third-order valence-corrected chi connectivity index (χ3v) is 6.96. The molecule has 7 nitrogen and oxygen atoms in total. The second-order valence-electron chi connectivity index (χ2n) is 8.74. The summed E-state index contributed by atoms with van der Waals surface area (Å²) in [5, 5.41) is 6.46. The van der Waals surface area contributed by atoms with Crippen LogP contribution in [0.3, 0.4) is 0 Å². The number of halogens is 1. The van der Waals surface area contributed by atoms with Crippen molar-refractivity contribution in [3.05, 3.63) is 12.2 Å². The molecule has 0 aromatic carbocycles. The van der Waals surface area contributed by atoms with Gasteiger partial charge in [-0.15, -0.1) is 24.0 Å². The fraction of sp³-hybridized carbons (Fsp3) is 0.773. The molecule has 0 radical (unpaired) electrons. The van der Waals surface area contributed by atoms with Gasteiger partial charge in [0.05, 0.1) is 24.5 Å². The molecular formula is C22H35IN4O3. The number of likely N-dealkylation sites (tertiary alicyclic amines) is 1. The van der Waals surface area contributed by atoms with Crippen molar-refractivity contribution >= 4 is 41.8 Å². The Labute approximate surface area is 196 Å². The Morgan fingerprint density at radius 2 is 1.63 bits per heavy atom. The SMILES string of the molecule is CN=C(NCCOC1CCCCCC1)NCCN1C(=O)C2C3C=CC(C3)C2C1=O.I. The van der Waals surface area contributed by atoms with Gasteiger partial charge >= 0.3 is 0 Å². The van der Waals surface area contributed by atoms with Crippen LogP contribution in [0.25, 0.3) is 0 Å². The first-order chi connectivity index (χ1) is 14.2. The third kappa shape index (κ3) is 5.00. The smallest absolute Gasteiger partial charge is 0.233 e.